The second kappa shape index (κ2) is 8.91. The van der Waals surface area contributed by atoms with Gasteiger partial charge in [0.25, 0.3) is 5.91 Å². The van der Waals surface area contributed by atoms with Crippen molar-refractivity contribution in [3.8, 4) is 16.5 Å². The van der Waals surface area contributed by atoms with Crippen LogP contribution in [0.2, 0.25) is 5.02 Å². The summed E-state index contributed by atoms with van der Waals surface area (Å²) in [5.41, 5.74) is 1.52. The molecule has 168 valence electrons. The van der Waals surface area contributed by atoms with Gasteiger partial charge in [-0.25, -0.2) is 9.29 Å². The van der Waals surface area contributed by atoms with Crippen molar-refractivity contribution < 1.29 is 14.0 Å². The van der Waals surface area contributed by atoms with E-state index in [0.29, 0.717) is 32.0 Å². The summed E-state index contributed by atoms with van der Waals surface area (Å²) in [7, 11) is 0. The number of imide groups is 1. The zero-order valence-electron chi connectivity index (χ0n) is 17.4. The Morgan fingerprint density at radius 1 is 1.18 bits per heavy atom. The minimum absolute atomic E-state index is 0.152. The Labute approximate surface area is 211 Å². The molecule has 0 aliphatic carbocycles. The van der Waals surface area contributed by atoms with Gasteiger partial charge in [0, 0.05) is 38.3 Å². The van der Waals surface area contributed by atoms with E-state index in [1.54, 1.807) is 18.3 Å². The Morgan fingerprint density at radius 3 is 2.76 bits per heavy atom. The van der Waals surface area contributed by atoms with Gasteiger partial charge in [-0.15, -0.1) is 11.3 Å². The van der Waals surface area contributed by atoms with Crippen molar-refractivity contribution in [2.24, 2.45) is 0 Å². The molecule has 2 amide bonds. The van der Waals surface area contributed by atoms with Crippen LogP contribution < -0.4 is 4.90 Å². The average Bonchev–Trinajstić information content (AvgIpc) is 3.24. The normalized spacial score (nSPS) is 15.5. The third kappa shape index (κ3) is 3.80. The molecule has 0 saturated carbocycles. The highest BCUT2D eigenvalue weighted by Gasteiger charge is 2.42. The Bertz CT molecular complexity index is 1530. The van der Waals surface area contributed by atoms with E-state index < -0.39 is 23.5 Å². The maximum atomic E-state index is 13.7. The summed E-state index contributed by atoms with van der Waals surface area (Å²) in [5, 5.41) is 10.9. The quantitative estimate of drug-likeness (QED) is 0.252. The van der Waals surface area contributed by atoms with E-state index in [4.69, 9.17) is 11.6 Å². The molecule has 5 nitrogen and oxygen atoms in total. The Hall–Kier alpha value is -3.12. The minimum Gasteiger partial charge on any atom is -0.273 e. The van der Waals surface area contributed by atoms with Crippen LogP contribution in [-0.4, -0.2) is 16.8 Å². The number of rotatable bonds is 4. The highest BCUT2D eigenvalue weighted by Crippen LogP contribution is 2.45. The first kappa shape index (κ1) is 22.7. The van der Waals surface area contributed by atoms with E-state index in [-0.39, 0.29) is 17.9 Å². The SMILES string of the molecule is N#CCCC1C(=O)N(c2cncc3ccc(Br)cc23)C(=O)c2sc(-c3ccc(F)cc3Cl)cc21. The molecule has 0 bridgehead atoms. The number of aromatic nitrogens is 1. The van der Waals surface area contributed by atoms with E-state index in [0.717, 1.165) is 9.86 Å². The van der Waals surface area contributed by atoms with Gasteiger partial charge in [0.15, 0.2) is 0 Å². The van der Waals surface area contributed by atoms with Crippen LogP contribution in [0, 0.1) is 17.1 Å². The molecule has 0 saturated heterocycles. The molecular formula is C25H14BrClFN3O2S. The number of pyridine rings is 1. The number of thiophene rings is 1. The summed E-state index contributed by atoms with van der Waals surface area (Å²) in [6, 6.07) is 13.5. The lowest BCUT2D eigenvalue weighted by molar-refractivity contribution is -0.119. The molecule has 5 rings (SSSR count). The first-order valence-electron chi connectivity index (χ1n) is 10.3. The largest absolute Gasteiger partial charge is 0.275 e. The summed E-state index contributed by atoms with van der Waals surface area (Å²) >= 11 is 10.9. The van der Waals surface area contributed by atoms with Gasteiger partial charge in [-0.05, 0) is 48.4 Å². The summed E-state index contributed by atoms with van der Waals surface area (Å²) in [4.78, 5) is 33.8. The number of fused-ring (bicyclic) bond motifs is 2. The fourth-order valence-corrected chi connectivity index (χ4v) is 6.04. The Kier molecular flexibility index (Phi) is 5.94. The maximum absolute atomic E-state index is 13.7. The number of amides is 2. The van der Waals surface area contributed by atoms with Crippen molar-refractivity contribution in [3.63, 3.8) is 0 Å². The van der Waals surface area contributed by atoms with Crippen LogP contribution in [0.15, 0.2) is 59.3 Å². The van der Waals surface area contributed by atoms with Gasteiger partial charge in [-0.3, -0.25) is 14.6 Å². The second-order valence-corrected chi connectivity index (χ2v) is 10.1. The predicted molar refractivity (Wildman–Crippen MR) is 134 cm³/mol. The van der Waals surface area contributed by atoms with Crippen molar-refractivity contribution in [2.75, 3.05) is 4.90 Å². The molecule has 2 aromatic heterocycles. The van der Waals surface area contributed by atoms with Crippen LogP contribution in [0.3, 0.4) is 0 Å². The highest BCUT2D eigenvalue weighted by atomic mass is 79.9. The second-order valence-electron chi connectivity index (χ2n) is 7.77. The Balaban J connectivity index is 1.69. The lowest BCUT2D eigenvalue weighted by Crippen LogP contribution is -2.44. The van der Waals surface area contributed by atoms with Gasteiger partial charge in [0.05, 0.1) is 33.8 Å². The van der Waals surface area contributed by atoms with Crippen LogP contribution in [0.25, 0.3) is 21.2 Å². The number of halogens is 3. The molecule has 0 N–H and O–H groups in total. The van der Waals surface area contributed by atoms with Gasteiger partial charge in [-0.2, -0.15) is 5.26 Å². The van der Waals surface area contributed by atoms with Gasteiger partial charge >= 0.3 is 0 Å². The van der Waals surface area contributed by atoms with Gasteiger partial charge in [-0.1, -0.05) is 33.6 Å². The van der Waals surface area contributed by atoms with Crippen LogP contribution in [0.5, 0.6) is 0 Å². The van der Waals surface area contributed by atoms with Crippen LogP contribution in [0.4, 0.5) is 10.1 Å². The average molecular weight is 555 g/mol. The third-order valence-electron chi connectivity index (χ3n) is 5.74. The fraction of sp³-hybridized carbons (Fsp3) is 0.120. The molecule has 0 fully saturated rings. The first-order chi connectivity index (χ1) is 16.4. The standard InChI is InChI=1S/C25H14BrClFN3O2S/c26-14-4-3-13-11-30-12-21(18(13)8-14)31-24(32)16(2-1-7-29)19-10-22(34-23(19)25(31)33)17-6-5-15(28)9-20(17)27/h3-6,8-12,16H,1-2H2. The van der Waals surface area contributed by atoms with Crippen LogP contribution >= 0.6 is 38.9 Å². The molecule has 1 aliphatic rings. The summed E-state index contributed by atoms with van der Waals surface area (Å²) in [6.07, 6.45) is 3.59. The zero-order valence-corrected chi connectivity index (χ0v) is 20.5. The molecule has 1 unspecified atom stereocenters. The predicted octanol–water partition coefficient (Wildman–Crippen LogP) is 7.09. The molecule has 34 heavy (non-hydrogen) atoms. The van der Waals surface area contributed by atoms with Crippen molar-refractivity contribution in [1.82, 2.24) is 4.98 Å². The van der Waals surface area contributed by atoms with Gasteiger partial charge in [0.1, 0.15) is 5.82 Å². The number of nitriles is 1. The third-order valence-corrected chi connectivity index (χ3v) is 7.71. The number of carbonyl (C=O) groups excluding carboxylic acids is 2. The summed E-state index contributed by atoms with van der Waals surface area (Å²) < 4.78 is 14.4. The van der Waals surface area contributed by atoms with Gasteiger partial charge < -0.3 is 0 Å². The lowest BCUT2D eigenvalue weighted by Gasteiger charge is -2.31. The monoisotopic (exact) mass is 553 g/mol. The molecule has 4 aromatic rings. The highest BCUT2D eigenvalue weighted by molar-refractivity contribution is 9.10. The van der Waals surface area contributed by atoms with Crippen LogP contribution in [-0.2, 0) is 4.79 Å². The maximum Gasteiger partial charge on any atom is 0.275 e. The molecule has 2 aromatic carbocycles. The molecular weight excluding hydrogens is 541 g/mol. The number of hydrogen-bond acceptors (Lipinski definition) is 5. The van der Waals surface area contributed by atoms with E-state index in [2.05, 4.69) is 27.0 Å². The van der Waals surface area contributed by atoms with Crippen LogP contribution in [0.1, 0.15) is 34.0 Å². The summed E-state index contributed by atoms with van der Waals surface area (Å²) in [6.45, 7) is 0. The number of anilines is 1. The Morgan fingerprint density at radius 2 is 2.00 bits per heavy atom. The molecule has 9 heteroatoms. The number of hydrogen-bond donors (Lipinski definition) is 0. The van der Waals surface area contributed by atoms with E-state index in [9.17, 15) is 19.2 Å². The molecule has 3 heterocycles. The first-order valence-corrected chi connectivity index (χ1v) is 12.3. The number of benzene rings is 2. The van der Waals surface area contributed by atoms with Crippen molar-refractivity contribution in [2.45, 2.75) is 18.8 Å². The lowest BCUT2D eigenvalue weighted by atomic mass is 9.89. The zero-order chi connectivity index (χ0) is 24.0. The smallest absolute Gasteiger partial charge is 0.273 e. The summed E-state index contributed by atoms with van der Waals surface area (Å²) in [5.74, 6) is -2.01. The van der Waals surface area contributed by atoms with Gasteiger partial charge in [0.2, 0.25) is 5.91 Å². The molecule has 0 radical (unpaired) electrons. The number of nitrogens with zero attached hydrogens (tertiary/aromatic N) is 3. The van der Waals surface area contributed by atoms with E-state index >= 15 is 0 Å². The van der Waals surface area contributed by atoms with Crippen molar-refractivity contribution in [1.29, 1.82) is 5.26 Å². The van der Waals surface area contributed by atoms with Crippen molar-refractivity contribution in [3.05, 3.63) is 80.6 Å². The fourth-order valence-electron chi connectivity index (χ4n) is 4.16. The topological polar surface area (TPSA) is 74.1 Å². The van der Waals surface area contributed by atoms with E-state index in [1.807, 2.05) is 18.2 Å². The van der Waals surface area contributed by atoms with E-state index in [1.165, 1.54) is 34.6 Å². The number of carbonyl (C=O) groups is 2. The molecule has 1 aliphatic heterocycles. The molecule has 0 spiro atoms. The molecule has 1 atom stereocenters. The minimum atomic E-state index is -0.681. The van der Waals surface area contributed by atoms with Crippen molar-refractivity contribution >= 4 is 67.1 Å².